The van der Waals surface area contributed by atoms with Crippen molar-refractivity contribution in [2.45, 2.75) is 37.5 Å². The lowest BCUT2D eigenvalue weighted by atomic mass is 9.91. The molecule has 1 aromatic heterocycles. The molecule has 6 heteroatoms. The van der Waals surface area contributed by atoms with Crippen molar-refractivity contribution < 1.29 is 17.0 Å². The van der Waals surface area contributed by atoms with Crippen molar-refractivity contribution >= 4 is 21.1 Å². The van der Waals surface area contributed by atoms with Crippen LogP contribution >= 0.6 is 0 Å². The van der Waals surface area contributed by atoms with Gasteiger partial charge in [-0.3, -0.25) is 0 Å². The van der Waals surface area contributed by atoms with E-state index in [2.05, 4.69) is 0 Å². The Hall–Kier alpha value is -2.60. The third kappa shape index (κ3) is 3.01. The highest BCUT2D eigenvalue weighted by molar-refractivity contribution is 7.87. The molecule has 1 aliphatic carbocycles. The molecule has 26 heavy (non-hydrogen) atoms. The van der Waals surface area contributed by atoms with Crippen LogP contribution in [0.25, 0.3) is 11.0 Å². The van der Waals surface area contributed by atoms with Gasteiger partial charge in [-0.15, -0.1) is 0 Å². The standard InChI is InChI=1S/C20H18O5S/c1-13-6-9-15(10-7-13)26(22,23)25-14-8-11-17-16-4-2-3-5-18(16)20(21)24-19(17)12-14/h6-12H,2-5H2,1H3. The smallest absolute Gasteiger partial charge is 0.339 e. The first-order valence-electron chi connectivity index (χ1n) is 8.54. The van der Waals surface area contributed by atoms with E-state index in [0.29, 0.717) is 5.58 Å². The fourth-order valence-electron chi connectivity index (χ4n) is 3.36. The van der Waals surface area contributed by atoms with Crippen molar-refractivity contribution in [1.82, 2.24) is 0 Å². The van der Waals surface area contributed by atoms with Crippen molar-refractivity contribution in [1.29, 1.82) is 0 Å². The molecule has 0 aliphatic heterocycles. The Kier molecular flexibility index (Phi) is 4.07. The molecular weight excluding hydrogens is 352 g/mol. The van der Waals surface area contributed by atoms with Crippen molar-refractivity contribution in [3.8, 4) is 5.75 Å². The van der Waals surface area contributed by atoms with Gasteiger partial charge >= 0.3 is 15.7 Å². The molecule has 0 saturated carbocycles. The third-order valence-corrected chi connectivity index (χ3v) is 5.97. The van der Waals surface area contributed by atoms with Gasteiger partial charge in [-0.05, 0) is 62.4 Å². The summed E-state index contributed by atoms with van der Waals surface area (Å²) in [6.07, 6.45) is 3.58. The van der Waals surface area contributed by atoms with Crippen molar-refractivity contribution in [2.24, 2.45) is 0 Å². The molecule has 0 saturated heterocycles. The van der Waals surface area contributed by atoms with Crippen molar-refractivity contribution in [3.63, 3.8) is 0 Å². The molecular formula is C20H18O5S. The molecule has 1 aliphatic rings. The van der Waals surface area contributed by atoms with E-state index >= 15 is 0 Å². The van der Waals surface area contributed by atoms with E-state index in [1.807, 2.05) is 6.92 Å². The first-order valence-corrected chi connectivity index (χ1v) is 9.95. The molecule has 0 radical (unpaired) electrons. The lowest BCUT2D eigenvalue weighted by Crippen LogP contribution is -2.16. The highest BCUT2D eigenvalue weighted by atomic mass is 32.2. The summed E-state index contributed by atoms with van der Waals surface area (Å²) < 4.78 is 35.5. The van der Waals surface area contributed by atoms with Gasteiger partial charge in [0.2, 0.25) is 0 Å². The normalized spacial score (nSPS) is 14.2. The van der Waals surface area contributed by atoms with Gasteiger partial charge in [-0.2, -0.15) is 8.42 Å². The molecule has 2 aromatic carbocycles. The number of fused-ring (bicyclic) bond motifs is 3. The van der Waals surface area contributed by atoms with Gasteiger partial charge in [0, 0.05) is 17.0 Å². The zero-order valence-corrected chi connectivity index (χ0v) is 15.1. The predicted octanol–water partition coefficient (Wildman–Crippen LogP) is 3.75. The van der Waals surface area contributed by atoms with E-state index in [1.54, 1.807) is 24.3 Å². The van der Waals surface area contributed by atoms with E-state index in [9.17, 15) is 13.2 Å². The molecule has 0 unspecified atom stereocenters. The zero-order chi connectivity index (χ0) is 18.3. The lowest BCUT2D eigenvalue weighted by Gasteiger charge is -2.16. The van der Waals surface area contributed by atoms with Gasteiger partial charge in [0.1, 0.15) is 16.2 Å². The summed E-state index contributed by atoms with van der Waals surface area (Å²) in [6.45, 7) is 1.88. The van der Waals surface area contributed by atoms with Crippen molar-refractivity contribution in [2.75, 3.05) is 0 Å². The maximum atomic E-state index is 12.4. The van der Waals surface area contributed by atoms with Crippen LogP contribution in [0.1, 0.15) is 29.5 Å². The lowest BCUT2D eigenvalue weighted by molar-refractivity contribution is 0.484. The maximum absolute atomic E-state index is 12.4. The van der Waals surface area contributed by atoms with E-state index in [0.717, 1.165) is 47.8 Å². The number of hydrogen-bond donors (Lipinski definition) is 0. The Labute approximate surface area is 151 Å². The van der Waals surface area contributed by atoms with Crippen LogP contribution in [0.4, 0.5) is 0 Å². The average Bonchev–Trinajstić information content (AvgIpc) is 2.62. The van der Waals surface area contributed by atoms with Crippen LogP contribution < -0.4 is 9.81 Å². The van der Waals surface area contributed by atoms with Gasteiger partial charge in [-0.25, -0.2) is 4.79 Å². The molecule has 0 amide bonds. The molecule has 4 rings (SSSR count). The van der Waals surface area contributed by atoms with Crippen LogP contribution in [0, 0.1) is 6.92 Å². The molecule has 0 N–H and O–H groups in total. The van der Waals surface area contributed by atoms with Gasteiger partial charge in [0.25, 0.3) is 0 Å². The summed E-state index contributed by atoms with van der Waals surface area (Å²) in [4.78, 5) is 12.3. The average molecular weight is 370 g/mol. The van der Waals surface area contributed by atoms with Gasteiger partial charge < -0.3 is 8.60 Å². The molecule has 0 spiro atoms. The highest BCUT2D eigenvalue weighted by Crippen LogP contribution is 2.30. The van der Waals surface area contributed by atoms with Crippen molar-refractivity contribution in [3.05, 3.63) is 69.6 Å². The summed E-state index contributed by atoms with van der Waals surface area (Å²) in [5.41, 5.74) is 2.72. The maximum Gasteiger partial charge on any atom is 0.339 e. The summed E-state index contributed by atoms with van der Waals surface area (Å²) >= 11 is 0. The monoisotopic (exact) mass is 370 g/mol. The Morgan fingerprint density at radius 2 is 1.65 bits per heavy atom. The molecule has 0 bridgehead atoms. The fraction of sp³-hybridized carbons (Fsp3) is 0.250. The molecule has 134 valence electrons. The second kappa shape index (κ2) is 6.29. The SMILES string of the molecule is Cc1ccc(S(=O)(=O)Oc2ccc3c4c(c(=O)oc3c2)CCCC4)cc1. The molecule has 1 heterocycles. The molecule has 5 nitrogen and oxygen atoms in total. The summed E-state index contributed by atoms with van der Waals surface area (Å²) in [5, 5.41) is 0.847. The van der Waals surface area contributed by atoms with Crippen LogP contribution in [-0.2, 0) is 23.0 Å². The first-order chi connectivity index (χ1) is 12.4. The predicted molar refractivity (Wildman–Crippen MR) is 98.1 cm³/mol. The molecule has 0 fully saturated rings. The van der Waals surface area contributed by atoms with Gasteiger partial charge in [-0.1, -0.05) is 17.7 Å². The minimum atomic E-state index is -3.95. The first kappa shape index (κ1) is 16.8. The molecule has 3 aromatic rings. The Bertz CT molecular complexity index is 1140. The van der Waals surface area contributed by atoms with E-state index in [4.69, 9.17) is 8.60 Å². The zero-order valence-electron chi connectivity index (χ0n) is 14.3. The third-order valence-electron chi connectivity index (χ3n) is 4.71. The second-order valence-corrected chi connectivity index (χ2v) is 8.11. The van der Waals surface area contributed by atoms with Crippen LogP contribution in [0.15, 0.2) is 56.6 Å². The van der Waals surface area contributed by atoms with Gasteiger partial charge in [0.15, 0.2) is 0 Å². The largest absolute Gasteiger partial charge is 0.422 e. The van der Waals surface area contributed by atoms with Crippen LogP contribution in [0.3, 0.4) is 0 Å². The van der Waals surface area contributed by atoms with Crippen LogP contribution in [0.5, 0.6) is 5.75 Å². The summed E-state index contributed by atoms with van der Waals surface area (Å²) in [6, 6.07) is 11.3. The Morgan fingerprint density at radius 1 is 0.962 bits per heavy atom. The summed E-state index contributed by atoms with van der Waals surface area (Å²) in [5.74, 6) is 0.122. The van der Waals surface area contributed by atoms with Crippen LogP contribution in [-0.4, -0.2) is 8.42 Å². The Balaban J connectivity index is 1.74. The fourth-order valence-corrected chi connectivity index (χ4v) is 4.28. The molecule has 0 atom stereocenters. The van der Waals surface area contributed by atoms with E-state index in [-0.39, 0.29) is 16.3 Å². The number of hydrogen-bond acceptors (Lipinski definition) is 5. The van der Waals surface area contributed by atoms with Crippen LogP contribution in [0.2, 0.25) is 0 Å². The Morgan fingerprint density at radius 3 is 2.38 bits per heavy atom. The van der Waals surface area contributed by atoms with Gasteiger partial charge in [0.05, 0.1) is 0 Å². The number of rotatable bonds is 3. The minimum absolute atomic E-state index is 0.0788. The quantitative estimate of drug-likeness (QED) is 0.519. The second-order valence-electron chi connectivity index (χ2n) is 6.56. The minimum Gasteiger partial charge on any atom is -0.422 e. The topological polar surface area (TPSA) is 73.6 Å². The van der Waals surface area contributed by atoms with E-state index < -0.39 is 10.1 Å². The summed E-state index contributed by atoms with van der Waals surface area (Å²) in [7, 11) is -3.95. The number of aryl methyl sites for hydroxylation is 2. The number of benzene rings is 2. The highest BCUT2D eigenvalue weighted by Gasteiger charge is 2.20. The van der Waals surface area contributed by atoms with E-state index in [1.165, 1.54) is 18.2 Å².